The van der Waals surface area contributed by atoms with Crippen LogP contribution in [0.3, 0.4) is 0 Å². The van der Waals surface area contributed by atoms with Gasteiger partial charge in [-0.25, -0.2) is 8.42 Å². The lowest BCUT2D eigenvalue weighted by atomic mass is 9.98. The summed E-state index contributed by atoms with van der Waals surface area (Å²) in [5.41, 5.74) is 1.23. The Labute approximate surface area is 193 Å². The molecule has 1 aliphatic rings. The molecule has 0 saturated carbocycles. The predicted octanol–water partition coefficient (Wildman–Crippen LogP) is 1.61. The zero-order chi connectivity index (χ0) is 23.9. The molecule has 0 spiro atoms. The number of nitrogens with one attached hydrogen (secondary N) is 3. The normalized spacial score (nSPS) is 15.3. The van der Waals surface area contributed by atoms with Gasteiger partial charge in [-0.15, -0.1) is 0 Å². The highest BCUT2D eigenvalue weighted by molar-refractivity contribution is 7.93. The molecule has 10 heteroatoms. The molecule has 0 aromatic heterocycles. The van der Waals surface area contributed by atoms with Crippen LogP contribution in [0.2, 0.25) is 0 Å². The quantitative estimate of drug-likeness (QED) is 0.471. The Hall–Kier alpha value is -3.11. The fourth-order valence-electron chi connectivity index (χ4n) is 3.75. The minimum absolute atomic E-state index is 0.0892. The summed E-state index contributed by atoms with van der Waals surface area (Å²) < 4.78 is 35.5. The largest absolute Gasteiger partial charge is 0.497 e. The first-order valence-corrected chi connectivity index (χ1v) is 12.1. The Morgan fingerprint density at radius 3 is 2.21 bits per heavy atom. The van der Waals surface area contributed by atoms with Crippen molar-refractivity contribution in [3.8, 4) is 5.75 Å². The van der Waals surface area contributed by atoms with Gasteiger partial charge in [-0.05, 0) is 61.4 Å². The molecular weight excluding hydrogens is 446 g/mol. The molecule has 2 aromatic carbocycles. The molecule has 1 fully saturated rings. The number of rotatable bonds is 9. The molecule has 3 rings (SSSR count). The van der Waals surface area contributed by atoms with Crippen molar-refractivity contribution in [1.29, 1.82) is 0 Å². The van der Waals surface area contributed by atoms with Crippen LogP contribution in [0.5, 0.6) is 5.75 Å². The zero-order valence-corrected chi connectivity index (χ0v) is 19.5. The number of benzene rings is 2. The number of carbonyl (C=O) groups is 2. The molecule has 0 unspecified atom stereocenters. The van der Waals surface area contributed by atoms with E-state index in [-0.39, 0.29) is 36.9 Å². The monoisotopic (exact) mass is 475 g/mol. The van der Waals surface area contributed by atoms with E-state index >= 15 is 0 Å². The maximum Gasteiger partial charge on any atom is 0.251 e. The summed E-state index contributed by atoms with van der Waals surface area (Å²) in [7, 11) is -0.907. The Bertz CT molecular complexity index is 1060. The van der Waals surface area contributed by atoms with E-state index < -0.39 is 20.5 Å². The maximum atomic E-state index is 13.3. The van der Waals surface area contributed by atoms with E-state index in [0.29, 0.717) is 30.1 Å². The van der Waals surface area contributed by atoms with Gasteiger partial charge in [0.2, 0.25) is 5.91 Å². The standard InChI is InChI=1S/C23H29N3O6S/c1-24-22(28)23(11-15-32-16-12-23)33(29,30)20-9-5-18(6-10-20)25-13-14-26-21(27)17-3-7-19(31-2)8-4-17/h3-10,25H,11-16H2,1-2H3,(H,24,28)(H,26,27). The second-order valence-corrected chi connectivity index (χ2v) is 9.88. The Morgan fingerprint density at radius 1 is 1.00 bits per heavy atom. The molecule has 1 saturated heterocycles. The Balaban J connectivity index is 1.58. The minimum atomic E-state index is -3.91. The van der Waals surface area contributed by atoms with Crippen molar-refractivity contribution < 1.29 is 27.5 Å². The lowest BCUT2D eigenvalue weighted by molar-refractivity contribution is -0.125. The van der Waals surface area contributed by atoms with Crippen LogP contribution >= 0.6 is 0 Å². The molecule has 9 nitrogen and oxygen atoms in total. The molecule has 3 N–H and O–H groups in total. The summed E-state index contributed by atoms with van der Waals surface area (Å²) in [5, 5.41) is 8.45. The smallest absolute Gasteiger partial charge is 0.251 e. The SMILES string of the molecule is CNC(=O)C1(S(=O)(=O)c2ccc(NCCNC(=O)c3ccc(OC)cc3)cc2)CCOCC1. The maximum absolute atomic E-state index is 13.3. The Morgan fingerprint density at radius 2 is 1.64 bits per heavy atom. The van der Waals surface area contributed by atoms with Crippen LogP contribution < -0.4 is 20.7 Å². The lowest BCUT2D eigenvalue weighted by Crippen LogP contribution is -2.54. The number of hydrogen-bond acceptors (Lipinski definition) is 7. The van der Waals surface area contributed by atoms with Crippen molar-refractivity contribution in [3.63, 3.8) is 0 Å². The Kier molecular flexibility index (Phi) is 7.93. The number of methoxy groups -OCH3 is 1. The summed E-state index contributed by atoms with van der Waals surface area (Å²) >= 11 is 0. The average molecular weight is 476 g/mol. The van der Waals surface area contributed by atoms with E-state index in [9.17, 15) is 18.0 Å². The number of carbonyl (C=O) groups excluding carboxylic acids is 2. The first-order valence-electron chi connectivity index (χ1n) is 10.6. The van der Waals surface area contributed by atoms with Crippen LogP contribution in [-0.2, 0) is 19.4 Å². The van der Waals surface area contributed by atoms with Crippen molar-refractivity contribution in [2.75, 3.05) is 45.8 Å². The zero-order valence-electron chi connectivity index (χ0n) is 18.7. The van der Waals surface area contributed by atoms with E-state index in [1.165, 1.54) is 19.2 Å². The molecule has 2 amide bonds. The third-order valence-corrected chi connectivity index (χ3v) is 8.23. The van der Waals surface area contributed by atoms with Gasteiger partial charge in [0.15, 0.2) is 14.6 Å². The van der Waals surface area contributed by atoms with Crippen LogP contribution in [0.25, 0.3) is 0 Å². The summed E-state index contributed by atoms with van der Waals surface area (Å²) in [6.07, 6.45) is 0.228. The second kappa shape index (κ2) is 10.7. The molecule has 0 aliphatic carbocycles. The molecule has 178 valence electrons. The summed E-state index contributed by atoms with van der Waals surface area (Å²) in [6, 6.07) is 13.1. The van der Waals surface area contributed by atoms with Gasteiger partial charge in [0, 0.05) is 44.6 Å². The summed E-state index contributed by atoms with van der Waals surface area (Å²) in [6.45, 7) is 1.27. The van der Waals surface area contributed by atoms with Crippen molar-refractivity contribution in [1.82, 2.24) is 10.6 Å². The van der Waals surface area contributed by atoms with Gasteiger partial charge >= 0.3 is 0 Å². The summed E-state index contributed by atoms with van der Waals surface area (Å²) in [4.78, 5) is 24.8. The van der Waals surface area contributed by atoms with Crippen LogP contribution in [0.1, 0.15) is 23.2 Å². The van der Waals surface area contributed by atoms with E-state index in [0.717, 1.165) is 0 Å². The topological polar surface area (TPSA) is 123 Å². The molecule has 1 aliphatic heterocycles. The van der Waals surface area contributed by atoms with Gasteiger partial charge in [0.25, 0.3) is 5.91 Å². The number of hydrogen-bond donors (Lipinski definition) is 3. The number of anilines is 1. The van der Waals surface area contributed by atoms with Gasteiger partial charge in [-0.3, -0.25) is 9.59 Å². The molecule has 0 radical (unpaired) electrons. The van der Waals surface area contributed by atoms with Crippen molar-refractivity contribution in [2.24, 2.45) is 0 Å². The fourth-order valence-corrected chi connectivity index (χ4v) is 5.75. The first-order chi connectivity index (χ1) is 15.8. The highest BCUT2D eigenvalue weighted by atomic mass is 32.2. The molecule has 33 heavy (non-hydrogen) atoms. The number of amides is 2. The molecular formula is C23H29N3O6S. The molecule has 0 bridgehead atoms. The van der Waals surface area contributed by atoms with Crippen LogP contribution in [0.15, 0.2) is 53.4 Å². The third kappa shape index (κ3) is 5.28. The second-order valence-electron chi connectivity index (χ2n) is 7.62. The number of ether oxygens (including phenoxy) is 2. The highest BCUT2D eigenvalue weighted by Gasteiger charge is 2.51. The third-order valence-electron chi connectivity index (χ3n) is 5.71. The number of sulfone groups is 1. The van der Waals surface area contributed by atoms with Gasteiger partial charge in [0.05, 0.1) is 12.0 Å². The predicted molar refractivity (Wildman–Crippen MR) is 124 cm³/mol. The minimum Gasteiger partial charge on any atom is -0.497 e. The van der Waals surface area contributed by atoms with Gasteiger partial charge in [-0.2, -0.15) is 0 Å². The molecule has 0 atom stereocenters. The average Bonchev–Trinajstić information content (AvgIpc) is 2.86. The van der Waals surface area contributed by atoms with Gasteiger partial charge in [0.1, 0.15) is 5.75 Å². The molecule has 1 heterocycles. The van der Waals surface area contributed by atoms with Crippen molar-refractivity contribution in [3.05, 3.63) is 54.1 Å². The van der Waals surface area contributed by atoms with E-state index in [2.05, 4.69) is 16.0 Å². The summed E-state index contributed by atoms with van der Waals surface area (Å²) in [5.74, 6) is -0.0331. The van der Waals surface area contributed by atoms with Gasteiger partial charge < -0.3 is 25.4 Å². The van der Waals surface area contributed by atoms with E-state index in [4.69, 9.17) is 9.47 Å². The van der Waals surface area contributed by atoms with E-state index in [1.54, 1.807) is 43.5 Å². The fraction of sp³-hybridized carbons (Fsp3) is 0.391. The van der Waals surface area contributed by atoms with Gasteiger partial charge in [-0.1, -0.05) is 0 Å². The van der Waals surface area contributed by atoms with E-state index in [1.807, 2.05) is 0 Å². The van der Waals surface area contributed by atoms with Crippen LogP contribution in [0, 0.1) is 0 Å². The van der Waals surface area contributed by atoms with Crippen LogP contribution in [-0.4, -0.2) is 65.4 Å². The van der Waals surface area contributed by atoms with Crippen molar-refractivity contribution in [2.45, 2.75) is 22.5 Å². The molecule has 2 aromatic rings. The highest BCUT2D eigenvalue weighted by Crippen LogP contribution is 2.35. The van der Waals surface area contributed by atoms with Crippen molar-refractivity contribution >= 4 is 27.3 Å². The lowest BCUT2D eigenvalue weighted by Gasteiger charge is -2.34. The first kappa shape index (κ1) is 24.5. The van der Waals surface area contributed by atoms with Crippen LogP contribution in [0.4, 0.5) is 5.69 Å².